The monoisotopic (exact) mass is 217 g/mol. The molecule has 0 radical (unpaired) electrons. The fourth-order valence-electron chi connectivity index (χ4n) is 1.08. The fraction of sp³-hybridized carbons (Fsp3) is 0. The van der Waals surface area contributed by atoms with Gasteiger partial charge in [-0.2, -0.15) is 0 Å². The van der Waals surface area contributed by atoms with Crippen LogP contribution in [0.25, 0.3) is 10.1 Å². The molecule has 0 saturated heterocycles. The van der Waals surface area contributed by atoms with E-state index in [-0.39, 0.29) is 0 Å². The zero-order valence-electron chi connectivity index (χ0n) is 5.97. The normalized spacial score (nSPS) is 10.8. The van der Waals surface area contributed by atoms with Crippen molar-refractivity contribution in [3.63, 3.8) is 0 Å². The third kappa shape index (κ3) is 1.07. The van der Waals surface area contributed by atoms with Crippen molar-refractivity contribution in [2.75, 3.05) is 5.73 Å². The Labute approximate surface area is 83.7 Å². The largest absolute Gasteiger partial charge is 0.396 e. The first-order valence-electron chi connectivity index (χ1n) is 3.31. The van der Waals surface area contributed by atoms with Gasteiger partial charge in [-0.15, -0.1) is 11.3 Å². The van der Waals surface area contributed by atoms with Gasteiger partial charge >= 0.3 is 0 Å². The van der Waals surface area contributed by atoms with Gasteiger partial charge in [0.2, 0.25) is 0 Å². The second kappa shape index (κ2) is 2.80. The maximum Gasteiger partial charge on any atom is 0.0836 e. The Kier molecular flexibility index (Phi) is 1.91. The highest BCUT2D eigenvalue weighted by Crippen LogP contribution is 2.37. The number of halogens is 2. The van der Waals surface area contributed by atoms with E-state index < -0.39 is 0 Å². The molecule has 0 spiro atoms. The standard InChI is InChI=1S/C8H5Cl2NS/c9-5-3-4-1-2-12-8(4)7(11)6(5)10/h1-3H,11H2. The summed E-state index contributed by atoms with van der Waals surface area (Å²) in [7, 11) is 0. The minimum atomic E-state index is 0.451. The van der Waals surface area contributed by atoms with Crippen molar-refractivity contribution in [1.82, 2.24) is 0 Å². The second-order valence-electron chi connectivity index (χ2n) is 2.42. The zero-order chi connectivity index (χ0) is 8.72. The Morgan fingerprint density at radius 2 is 2.08 bits per heavy atom. The summed E-state index contributed by atoms with van der Waals surface area (Å²) >= 11 is 13.3. The molecule has 1 aromatic heterocycles. The predicted molar refractivity (Wildman–Crippen MR) is 56.3 cm³/mol. The molecule has 0 amide bonds. The average Bonchev–Trinajstić information content (AvgIpc) is 2.48. The van der Waals surface area contributed by atoms with Gasteiger partial charge in [0.1, 0.15) is 0 Å². The van der Waals surface area contributed by atoms with Gasteiger partial charge in [-0.05, 0) is 22.9 Å². The molecule has 0 fully saturated rings. The van der Waals surface area contributed by atoms with E-state index in [0.717, 1.165) is 10.1 Å². The molecule has 0 bridgehead atoms. The Balaban J connectivity index is 2.94. The molecule has 0 aliphatic carbocycles. The van der Waals surface area contributed by atoms with Crippen molar-refractivity contribution in [2.24, 2.45) is 0 Å². The molecule has 1 aromatic carbocycles. The van der Waals surface area contributed by atoms with Crippen molar-refractivity contribution in [2.45, 2.75) is 0 Å². The van der Waals surface area contributed by atoms with Gasteiger partial charge in [0.15, 0.2) is 0 Å². The maximum absolute atomic E-state index is 5.86. The number of hydrogen-bond donors (Lipinski definition) is 1. The number of anilines is 1. The summed E-state index contributed by atoms with van der Waals surface area (Å²) in [6, 6.07) is 3.80. The summed E-state index contributed by atoms with van der Waals surface area (Å²) in [5, 5.41) is 3.98. The zero-order valence-corrected chi connectivity index (χ0v) is 8.30. The highest BCUT2D eigenvalue weighted by Gasteiger charge is 2.07. The second-order valence-corrected chi connectivity index (χ2v) is 4.13. The molecule has 62 valence electrons. The third-order valence-corrected chi connectivity index (χ3v) is 3.43. The summed E-state index contributed by atoms with van der Waals surface area (Å²) in [6.45, 7) is 0. The van der Waals surface area contributed by atoms with Crippen LogP contribution in [0.2, 0.25) is 10.0 Å². The molecule has 2 aromatic rings. The lowest BCUT2D eigenvalue weighted by Crippen LogP contribution is -1.86. The van der Waals surface area contributed by atoms with Crippen molar-refractivity contribution >= 4 is 50.3 Å². The highest BCUT2D eigenvalue weighted by molar-refractivity contribution is 7.18. The number of fused-ring (bicyclic) bond motifs is 1. The molecule has 2 rings (SSSR count). The van der Waals surface area contributed by atoms with E-state index in [2.05, 4.69) is 0 Å². The molecule has 12 heavy (non-hydrogen) atoms. The molecule has 0 atom stereocenters. The van der Waals surface area contributed by atoms with Crippen LogP contribution in [-0.2, 0) is 0 Å². The van der Waals surface area contributed by atoms with E-state index in [1.165, 1.54) is 0 Å². The van der Waals surface area contributed by atoms with Crippen LogP contribution >= 0.6 is 34.5 Å². The first kappa shape index (κ1) is 8.17. The lowest BCUT2D eigenvalue weighted by atomic mass is 10.2. The van der Waals surface area contributed by atoms with Gasteiger partial charge in [0, 0.05) is 0 Å². The van der Waals surface area contributed by atoms with Gasteiger partial charge in [-0.25, -0.2) is 0 Å². The SMILES string of the molecule is Nc1c(Cl)c(Cl)cc2ccsc12. The number of rotatable bonds is 0. The Bertz CT molecular complexity index is 436. The minimum absolute atomic E-state index is 0.451. The Morgan fingerprint density at radius 3 is 2.83 bits per heavy atom. The molecule has 4 heteroatoms. The first-order valence-corrected chi connectivity index (χ1v) is 4.94. The van der Waals surface area contributed by atoms with Crippen LogP contribution in [0.5, 0.6) is 0 Å². The molecule has 1 nitrogen and oxygen atoms in total. The number of benzene rings is 1. The molecule has 0 unspecified atom stereocenters. The summed E-state index contributed by atoms with van der Waals surface area (Å²) in [5.74, 6) is 0. The van der Waals surface area contributed by atoms with Gasteiger partial charge in [-0.3, -0.25) is 0 Å². The van der Waals surface area contributed by atoms with Crippen LogP contribution in [0.4, 0.5) is 5.69 Å². The van der Waals surface area contributed by atoms with E-state index in [1.54, 1.807) is 11.3 Å². The van der Waals surface area contributed by atoms with Crippen molar-refractivity contribution in [3.8, 4) is 0 Å². The average molecular weight is 218 g/mol. The maximum atomic E-state index is 5.86. The van der Waals surface area contributed by atoms with Crippen LogP contribution in [0.15, 0.2) is 17.5 Å². The summed E-state index contributed by atoms with van der Waals surface area (Å²) < 4.78 is 1.00. The summed E-state index contributed by atoms with van der Waals surface area (Å²) in [6.07, 6.45) is 0. The van der Waals surface area contributed by atoms with Gasteiger partial charge in [0.25, 0.3) is 0 Å². The van der Waals surface area contributed by atoms with E-state index in [4.69, 9.17) is 28.9 Å². The van der Waals surface area contributed by atoms with Crippen LogP contribution in [-0.4, -0.2) is 0 Å². The quantitative estimate of drug-likeness (QED) is 0.669. The van der Waals surface area contributed by atoms with Crippen molar-refractivity contribution in [3.05, 3.63) is 27.6 Å². The smallest absolute Gasteiger partial charge is 0.0836 e. The Hall–Kier alpha value is -0.440. The van der Waals surface area contributed by atoms with Crippen molar-refractivity contribution < 1.29 is 0 Å². The molecular weight excluding hydrogens is 213 g/mol. The molecule has 0 saturated carbocycles. The van der Waals surface area contributed by atoms with Gasteiger partial charge in [0.05, 0.1) is 20.4 Å². The molecule has 2 N–H and O–H groups in total. The number of thiophene rings is 1. The molecule has 0 aliphatic heterocycles. The van der Waals surface area contributed by atoms with Gasteiger partial charge in [-0.1, -0.05) is 23.2 Å². The summed E-state index contributed by atoms with van der Waals surface area (Å²) in [4.78, 5) is 0. The van der Waals surface area contributed by atoms with Crippen LogP contribution in [0, 0.1) is 0 Å². The summed E-state index contributed by atoms with van der Waals surface area (Å²) in [5.41, 5.74) is 6.34. The first-order chi connectivity index (χ1) is 5.70. The lowest BCUT2D eigenvalue weighted by Gasteiger charge is -2.01. The number of hydrogen-bond acceptors (Lipinski definition) is 2. The topological polar surface area (TPSA) is 26.0 Å². The minimum Gasteiger partial charge on any atom is -0.396 e. The Morgan fingerprint density at radius 1 is 1.33 bits per heavy atom. The number of nitrogen functional groups attached to an aromatic ring is 1. The van der Waals surface area contributed by atoms with E-state index >= 15 is 0 Å². The molecular formula is C8H5Cl2NS. The lowest BCUT2D eigenvalue weighted by molar-refractivity contribution is 1.80. The van der Waals surface area contributed by atoms with Gasteiger partial charge < -0.3 is 5.73 Å². The fourth-order valence-corrected chi connectivity index (χ4v) is 2.35. The number of nitrogens with two attached hydrogens (primary N) is 1. The van der Waals surface area contributed by atoms with E-state index in [0.29, 0.717) is 15.7 Å². The van der Waals surface area contributed by atoms with E-state index in [1.807, 2.05) is 17.5 Å². The highest BCUT2D eigenvalue weighted by atomic mass is 35.5. The van der Waals surface area contributed by atoms with E-state index in [9.17, 15) is 0 Å². The molecule has 1 heterocycles. The van der Waals surface area contributed by atoms with Crippen LogP contribution in [0.3, 0.4) is 0 Å². The van der Waals surface area contributed by atoms with Crippen molar-refractivity contribution in [1.29, 1.82) is 0 Å². The molecule has 0 aliphatic rings. The predicted octanol–water partition coefficient (Wildman–Crippen LogP) is 3.79. The third-order valence-electron chi connectivity index (χ3n) is 1.67. The van der Waals surface area contributed by atoms with Crippen LogP contribution < -0.4 is 5.73 Å². The van der Waals surface area contributed by atoms with Crippen LogP contribution in [0.1, 0.15) is 0 Å².